The van der Waals surface area contributed by atoms with Gasteiger partial charge in [0.2, 0.25) is 0 Å². The van der Waals surface area contributed by atoms with Gasteiger partial charge >= 0.3 is 30.2 Å². The first kappa shape index (κ1) is 23.2. The molecule has 0 aliphatic carbocycles. The Morgan fingerprint density at radius 3 is 1.76 bits per heavy atom. The van der Waals surface area contributed by atoms with E-state index >= 15 is 0 Å². The SMILES string of the molecule is [Br-].[Br-].[SiH2]=[Zr+2].c1cc[cH-]c1.c1ccc(C[c-]2cccc2)cc1. The molecule has 0 aliphatic heterocycles. The van der Waals surface area contributed by atoms with Gasteiger partial charge in [-0.1, -0.05) is 35.9 Å². The molecular weight excluding hydrogens is 483 g/mol. The van der Waals surface area contributed by atoms with E-state index in [1.54, 1.807) is 23.3 Å². The first-order valence-corrected chi connectivity index (χ1v) is 12.1. The first-order chi connectivity index (χ1) is 9.45. The zero-order valence-corrected chi connectivity index (χ0v) is 18.8. The summed E-state index contributed by atoms with van der Waals surface area (Å²) in [4.78, 5) is 0. The zero-order chi connectivity index (χ0) is 13.8. The third-order valence-electron chi connectivity index (χ3n) is 2.54. The van der Waals surface area contributed by atoms with Crippen molar-refractivity contribution in [1.29, 1.82) is 0 Å². The Hall–Kier alpha value is -0.0200. The van der Waals surface area contributed by atoms with Crippen LogP contribution in [0.1, 0.15) is 11.1 Å². The number of halogens is 2. The number of hydrogen-bond donors (Lipinski definition) is 0. The van der Waals surface area contributed by atoms with Crippen LogP contribution < -0.4 is 34.0 Å². The molecule has 3 rings (SSSR count). The summed E-state index contributed by atoms with van der Waals surface area (Å²) in [6.45, 7) is 1.95. The number of rotatable bonds is 2. The molecule has 0 N–H and O–H groups in total. The largest absolute Gasteiger partial charge is 0.214 e. The maximum absolute atomic E-state index is 2.16. The van der Waals surface area contributed by atoms with Gasteiger partial charge in [0.05, 0.1) is 0 Å². The summed E-state index contributed by atoms with van der Waals surface area (Å²) >= 11 is 1.58. The molecule has 110 valence electrons. The Labute approximate surface area is 165 Å². The van der Waals surface area contributed by atoms with Crippen molar-refractivity contribution >= 4 is 6.88 Å². The molecule has 0 aromatic heterocycles. The van der Waals surface area contributed by atoms with E-state index in [0.717, 1.165) is 6.42 Å². The second kappa shape index (κ2) is 16.4. The van der Waals surface area contributed by atoms with E-state index in [2.05, 4.69) is 54.6 Å². The van der Waals surface area contributed by atoms with Crippen LogP contribution in [0.3, 0.4) is 0 Å². The van der Waals surface area contributed by atoms with Gasteiger partial charge in [-0.25, -0.2) is 24.3 Å². The van der Waals surface area contributed by atoms with Crippen LogP contribution in [0.4, 0.5) is 0 Å². The maximum atomic E-state index is 2.16. The number of hydrogen-bond acceptors (Lipinski definition) is 0. The third kappa shape index (κ3) is 11.2. The standard InChI is InChI=1S/C12H11.C5H5.2BrH.H2Si.Zr/c1-2-6-11(7-3-1)10-12-8-4-5-9-12;1-2-4-5-3-1;;;;/h1-9H,10H2;1-5H;2*1H;1H2;/q2*-1;;;;+2/p-2. The van der Waals surface area contributed by atoms with Crippen LogP contribution in [0.2, 0.25) is 0 Å². The molecule has 0 bridgehead atoms. The molecule has 0 radical (unpaired) electrons. The molecule has 3 aromatic carbocycles. The van der Waals surface area contributed by atoms with E-state index in [4.69, 9.17) is 0 Å². The van der Waals surface area contributed by atoms with E-state index < -0.39 is 0 Å². The average Bonchev–Trinajstić information content (AvgIpc) is 3.18. The molecule has 0 saturated carbocycles. The topological polar surface area (TPSA) is 0 Å². The second-order valence-electron chi connectivity index (χ2n) is 3.92. The average molecular weight is 501 g/mol. The third-order valence-corrected chi connectivity index (χ3v) is 2.54. The summed E-state index contributed by atoms with van der Waals surface area (Å²) < 4.78 is 0. The van der Waals surface area contributed by atoms with Crippen molar-refractivity contribution in [2.75, 3.05) is 0 Å². The first-order valence-electron chi connectivity index (χ1n) is 6.22. The van der Waals surface area contributed by atoms with Gasteiger partial charge < -0.3 is 34.0 Å². The summed E-state index contributed by atoms with van der Waals surface area (Å²) in [5.41, 5.74) is 2.77. The molecule has 0 nitrogen and oxygen atoms in total. The molecule has 0 aliphatic rings. The van der Waals surface area contributed by atoms with Gasteiger partial charge in [-0.15, -0.1) is 0 Å². The minimum absolute atomic E-state index is 0. The minimum Gasteiger partial charge on any atom is -0.214 e. The van der Waals surface area contributed by atoms with E-state index in [-0.39, 0.29) is 34.0 Å². The second-order valence-corrected chi connectivity index (χ2v) is 3.92. The Morgan fingerprint density at radius 1 is 0.810 bits per heavy atom. The van der Waals surface area contributed by atoms with Gasteiger partial charge in [0, 0.05) is 0 Å². The van der Waals surface area contributed by atoms with E-state index in [1.807, 2.05) is 37.2 Å². The van der Waals surface area contributed by atoms with Crippen LogP contribution >= 0.6 is 0 Å². The predicted octanol–water partition coefficient (Wildman–Crippen LogP) is -2.51. The van der Waals surface area contributed by atoms with Crippen LogP contribution in [0.25, 0.3) is 0 Å². The fourth-order valence-electron chi connectivity index (χ4n) is 1.68. The molecule has 0 unspecified atom stereocenters. The zero-order valence-electron chi connectivity index (χ0n) is 11.8. The summed E-state index contributed by atoms with van der Waals surface area (Å²) in [7, 11) is 0. The summed E-state index contributed by atoms with van der Waals surface area (Å²) in [6.07, 6.45) is 1.05. The molecule has 4 heteroatoms. The Bertz CT molecular complexity index is 490. The fraction of sp³-hybridized carbons (Fsp3) is 0.0588. The van der Waals surface area contributed by atoms with Gasteiger partial charge in [0.15, 0.2) is 0 Å². The van der Waals surface area contributed by atoms with E-state index in [9.17, 15) is 0 Å². The predicted molar refractivity (Wildman–Crippen MR) is 81.9 cm³/mol. The van der Waals surface area contributed by atoms with Crippen LogP contribution in [-0.4, -0.2) is 6.88 Å². The van der Waals surface area contributed by atoms with Crippen LogP contribution in [0.5, 0.6) is 0 Å². The van der Waals surface area contributed by atoms with Gasteiger partial charge in [-0.3, -0.25) is 0 Å². The van der Waals surface area contributed by atoms with E-state index in [1.165, 1.54) is 11.1 Å². The summed E-state index contributed by atoms with van der Waals surface area (Å²) in [5, 5.41) is 0. The van der Waals surface area contributed by atoms with Crippen LogP contribution in [0, 0.1) is 0 Å². The van der Waals surface area contributed by atoms with Crippen LogP contribution in [-0.2, 0) is 29.8 Å². The van der Waals surface area contributed by atoms with Crippen molar-refractivity contribution in [3.05, 3.63) is 96.1 Å². The molecule has 3 aromatic rings. The normalized spacial score (nSPS) is 7.90. The van der Waals surface area contributed by atoms with Gasteiger partial charge in [0.1, 0.15) is 0 Å². The van der Waals surface area contributed by atoms with Crippen molar-refractivity contribution in [1.82, 2.24) is 0 Å². The van der Waals surface area contributed by atoms with Gasteiger partial charge in [-0.05, 0) is 6.42 Å². The van der Waals surface area contributed by atoms with Crippen molar-refractivity contribution < 1.29 is 57.3 Å². The van der Waals surface area contributed by atoms with Crippen molar-refractivity contribution in [3.63, 3.8) is 0 Å². The molecule has 0 atom stereocenters. The van der Waals surface area contributed by atoms with Gasteiger partial charge in [-0.2, -0.15) is 35.9 Å². The fourth-order valence-corrected chi connectivity index (χ4v) is 1.68. The summed E-state index contributed by atoms with van der Waals surface area (Å²) in [6, 6.07) is 29.0. The molecule has 0 amide bonds. The quantitative estimate of drug-likeness (QED) is 0.269. The molecule has 0 heterocycles. The monoisotopic (exact) mass is 498 g/mol. The van der Waals surface area contributed by atoms with Crippen molar-refractivity contribution in [2.24, 2.45) is 0 Å². The summed E-state index contributed by atoms with van der Waals surface area (Å²) in [5.74, 6) is 0. The minimum atomic E-state index is 0. The van der Waals surface area contributed by atoms with Crippen molar-refractivity contribution in [2.45, 2.75) is 6.42 Å². The Kier molecular flexibility index (Phi) is 18.1. The molecule has 0 fully saturated rings. The van der Waals surface area contributed by atoms with E-state index in [0.29, 0.717) is 0 Å². The maximum Gasteiger partial charge on any atom is -0.0485 e. The smallest absolute Gasteiger partial charge is 0.0485 e. The molecule has 0 saturated heterocycles. The molecule has 0 spiro atoms. The van der Waals surface area contributed by atoms with Crippen molar-refractivity contribution in [3.8, 4) is 0 Å². The molecule has 21 heavy (non-hydrogen) atoms. The number of benzene rings is 1. The van der Waals surface area contributed by atoms with Crippen LogP contribution in [0.15, 0.2) is 84.9 Å². The Balaban J connectivity index is 0. The Morgan fingerprint density at radius 2 is 1.33 bits per heavy atom. The molecular formula is C17H18Br2SiZr-2. The van der Waals surface area contributed by atoms with Gasteiger partial charge in [0.25, 0.3) is 0 Å².